The zero-order valence-electron chi connectivity index (χ0n) is 10.6. The lowest BCUT2D eigenvalue weighted by molar-refractivity contribution is 0.0628. The maximum Gasteiger partial charge on any atom is 0.270 e. The number of rotatable bonds is 4. The monoisotopic (exact) mass is 314 g/mol. The Hall–Kier alpha value is -0.810. The highest BCUT2D eigenvalue weighted by Gasteiger charge is 2.28. The van der Waals surface area contributed by atoms with Gasteiger partial charge in [0.05, 0.1) is 6.61 Å². The summed E-state index contributed by atoms with van der Waals surface area (Å²) in [7, 11) is 1.86. The van der Waals surface area contributed by atoms with E-state index in [9.17, 15) is 4.79 Å². The molecule has 0 spiro atoms. The van der Waals surface area contributed by atoms with Crippen LogP contribution in [-0.2, 0) is 7.05 Å². The molecule has 1 aromatic rings. The lowest BCUT2D eigenvalue weighted by atomic mass is 10.2. The molecular weight excluding hydrogens is 296 g/mol. The Morgan fingerprint density at radius 2 is 2.22 bits per heavy atom. The van der Waals surface area contributed by atoms with Crippen molar-refractivity contribution < 1.29 is 9.90 Å². The molecule has 1 saturated carbocycles. The summed E-state index contributed by atoms with van der Waals surface area (Å²) in [6.07, 6.45) is 6.33. The van der Waals surface area contributed by atoms with E-state index in [2.05, 4.69) is 15.9 Å². The molecule has 18 heavy (non-hydrogen) atoms. The summed E-state index contributed by atoms with van der Waals surface area (Å²) in [6.45, 7) is 0.445. The predicted octanol–water partition coefficient (Wildman–Crippen LogP) is 2.16. The van der Waals surface area contributed by atoms with Gasteiger partial charge in [0.25, 0.3) is 5.91 Å². The second kappa shape index (κ2) is 5.89. The Bertz CT molecular complexity index is 425. The third kappa shape index (κ3) is 2.78. The topological polar surface area (TPSA) is 45.5 Å². The molecule has 1 aliphatic carbocycles. The number of aryl methyl sites for hydroxylation is 1. The molecule has 100 valence electrons. The second-order valence-electron chi connectivity index (χ2n) is 4.81. The van der Waals surface area contributed by atoms with Gasteiger partial charge in [0, 0.05) is 30.3 Å². The molecule has 1 amide bonds. The maximum absolute atomic E-state index is 12.5. The van der Waals surface area contributed by atoms with Gasteiger partial charge >= 0.3 is 0 Å². The molecule has 1 N–H and O–H groups in total. The fraction of sp³-hybridized carbons (Fsp3) is 0.615. The standard InChI is InChI=1S/C13H19BrN2O2/c1-15-9-10(14)8-12(15)13(18)16(6-7-17)11-4-2-3-5-11/h8-9,11,17H,2-7H2,1H3. The highest BCUT2D eigenvalue weighted by atomic mass is 79.9. The molecule has 1 aliphatic rings. The van der Waals surface area contributed by atoms with Crippen molar-refractivity contribution in [3.63, 3.8) is 0 Å². The first-order valence-electron chi connectivity index (χ1n) is 6.37. The second-order valence-corrected chi connectivity index (χ2v) is 5.73. The van der Waals surface area contributed by atoms with Crippen molar-refractivity contribution in [3.05, 3.63) is 22.4 Å². The zero-order chi connectivity index (χ0) is 13.1. The van der Waals surface area contributed by atoms with Crippen LogP contribution in [0.5, 0.6) is 0 Å². The van der Waals surface area contributed by atoms with Crippen LogP contribution in [-0.4, -0.2) is 39.7 Å². The number of amides is 1. The summed E-state index contributed by atoms with van der Waals surface area (Å²) in [5.41, 5.74) is 0.669. The largest absolute Gasteiger partial charge is 0.395 e. The van der Waals surface area contributed by atoms with E-state index in [1.807, 2.05) is 28.8 Å². The van der Waals surface area contributed by atoms with Gasteiger partial charge in [-0.05, 0) is 34.8 Å². The van der Waals surface area contributed by atoms with Crippen molar-refractivity contribution in [2.45, 2.75) is 31.7 Å². The summed E-state index contributed by atoms with van der Waals surface area (Å²) in [5, 5.41) is 9.16. The van der Waals surface area contributed by atoms with Crippen LogP contribution in [0.1, 0.15) is 36.2 Å². The molecule has 0 radical (unpaired) electrons. The molecular formula is C13H19BrN2O2. The molecule has 1 heterocycles. The lowest BCUT2D eigenvalue weighted by Crippen LogP contribution is -2.41. The molecule has 0 unspecified atom stereocenters. The Balaban J connectivity index is 2.19. The summed E-state index contributed by atoms with van der Waals surface area (Å²) in [6, 6.07) is 2.13. The molecule has 1 aromatic heterocycles. The van der Waals surface area contributed by atoms with Crippen LogP contribution >= 0.6 is 15.9 Å². The molecule has 0 saturated heterocycles. The summed E-state index contributed by atoms with van der Waals surface area (Å²) < 4.78 is 2.73. The Kier molecular flexibility index (Phi) is 4.45. The molecule has 4 nitrogen and oxygen atoms in total. The van der Waals surface area contributed by atoms with Crippen molar-refractivity contribution in [1.82, 2.24) is 9.47 Å². The predicted molar refractivity (Wildman–Crippen MR) is 73.5 cm³/mol. The minimum atomic E-state index is 0.0177. The minimum Gasteiger partial charge on any atom is -0.395 e. The van der Waals surface area contributed by atoms with Crippen LogP contribution in [0.25, 0.3) is 0 Å². The van der Waals surface area contributed by atoms with E-state index >= 15 is 0 Å². The fourth-order valence-electron chi connectivity index (χ4n) is 2.66. The van der Waals surface area contributed by atoms with E-state index in [1.54, 1.807) is 0 Å². The molecule has 1 fully saturated rings. The number of nitrogens with zero attached hydrogens (tertiary/aromatic N) is 2. The Morgan fingerprint density at radius 1 is 1.56 bits per heavy atom. The Labute approximate surface area is 116 Å². The van der Waals surface area contributed by atoms with Crippen LogP contribution in [0.2, 0.25) is 0 Å². The van der Waals surface area contributed by atoms with E-state index in [4.69, 9.17) is 5.11 Å². The van der Waals surface area contributed by atoms with E-state index in [-0.39, 0.29) is 12.5 Å². The normalized spacial score (nSPS) is 16.2. The van der Waals surface area contributed by atoms with Crippen molar-refractivity contribution >= 4 is 21.8 Å². The Morgan fingerprint density at radius 3 is 2.72 bits per heavy atom. The highest BCUT2D eigenvalue weighted by Crippen LogP contribution is 2.25. The number of aromatic nitrogens is 1. The third-order valence-corrected chi connectivity index (χ3v) is 3.99. The molecule has 0 bridgehead atoms. The average Bonchev–Trinajstić information content (AvgIpc) is 2.95. The number of halogens is 1. The number of hydrogen-bond donors (Lipinski definition) is 1. The van der Waals surface area contributed by atoms with Crippen LogP contribution < -0.4 is 0 Å². The van der Waals surface area contributed by atoms with Crippen molar-refractivity contribution in [1.29, 1.82) is 0 Å². The van der Waals surface area contributed by atoms with Gasteiger partial charge in [-0.15, -0.1) is 0 Å². The van der Waals surface area contributed by atoms with Gasteiger partial charge in [-0.2, -0.15) is 0 Å². The van der Waals surface area contributed by atoms with Gasteiger partial charge in [0.2, 0.25) is 0 Å². The first kappa shape index (κ1) is 13.6. The van der Waals surface area contributed by atoms with Gasteiger partial charge in [-0.25, -0.2) is 0 Å². The van der Waals surface area contributed by atoms with E-state index in [0.29, 0.717) is 18.3 Å². The summed E-state index contributed by atoms with van der Waals surface area (Å²) in [4.78, 5) is 14.4. The third-order valence-electron chi connectivity index (χ3n) is 3.56. The SMILES string of the molecule is Cn1cc(Br)cc1C(=O)N(CCO)C1CCCC1. The molecule has 0 atom stereocenters. The lowest BCUT2D eigenvalue weighted by Gasteiger charge is -2.28. The van der Waals surface area contributed by atoms with Gasteiger partial charge in [0.1, 0.15) is 5.69 Å². The molecule has 0 aromatic carbocycles. The molecule has 0 aliphatic heterocycles. The average molecular weight is 315 g/mol. The first-order chi connectivity index (χ1) is 8.63. The van der Waals surface area contributed by atoms with E-state index in [1.165, 1.54) is 12.8 Å². The zero-order valence-corrected chi connectivity index (χ0v) is 12.2. The van der Waals surface area contributed by atoms with Crippen molar-refractivity contribution in [2.75, 3.05) is 13.2 Å². The molecule has 5 heteroatoms. The quantitative estimate of drug-likeness (QED) is 0.925. The minimum absolute atomic E-state index is 0.0177. The van der Waals surface area contributed by atoms with Gasteiger partial charge in [-0.3, -0.25) is 4.79 Å². The van der Waals surface area contributed by atoms with Crippen molar-refractivity contribution in [2.24, 2.45) is 7.05 Å². The number of hydrogen-bond acceptors (Lipinski definition) is 2. The van der Waals surface area contributed by atoms with Crippen LogP contribution in [0.3, 0.4) is 0 Å². The fourth-order valence-corrected chi connectivity index (χ4v) is 3.18. The van der Waals surface area contributed by atoms with Gasteiger partial charge in [-0.1, -0.05) is 12.8 Å². The maximum atomic E-state index is 12.5. The molecule has 2 rings (SSSR count). The number of carbonyl (C=O) groups excluding carboxylic acids is 1. The summed E-state index contributed by atoms with van der Waals surface area (Å²) >= 11 is 3.38. The van der Waals surface area contributed by atoms with Crippen molar-refractivity contribution in [3.8, 4) is 0 Å². The van der Waals surface area contributed by atoms with Crippen LogP contribution in [0, 0.1) is 0 Å². The van der Waals surface area contributed by atoms with Crippen LogP contribution in [0.15, 0.2) is 16.7 Å². The number of aliphatic hydroxyl groups is 1. The summed E-state index contributed by atoms with van der Waals surface area (Å²) in [5.74, 6) is 0.0177. The number of aliphatic hydroxyl groups excluding tert-OH is 1. The highest BCUT2D eigenvalue weighted by molar-refractivity contribution is 9.10. The smallest absolute Gasteiger partial charge is 0.270 e. The first-order valence-corrected chi connectivity index (χ1v) is 7.16. The van der Waals surface area contributed by atoms with Gasteiger partial charge in [0.15, 0.2) is 0 Å². The van der Waals surface area contributed by atoms with E-state index in [0.717, 1.165) is 17.3 Å². The number of carbonyl (C=O) groups is 1. The van der Waals surface area contributed by atoms with Crippen LogP contribution in [0.4, 0.5) is 0 Å². The van der Waals surface area contributed by atoms with E-state index < -0.39 is 0 Å². The van der Waals surface area contributed by atoms with Gasteiger partial charge < -0.3 is 14.6 Å².